The van der Waals surface area contributed by atoms with Crippen molar-refractivity contribution in [1.82, 2.24) is 10.3 Å². The summed E-state index contributed by atoms with van der Waals surface area (Å²) < 4.78 is 0. The molecule has 3 nitrogen and oxygen atoms in total. The minimum absolute atomic E-state index is 0.498. The Morgan fingerprint density at radius 3 is 2.50 bits per heavy atom. The number of rotatable bonds is 3. The minimum atomic E-state index is 0.498. The molecule has 2 rings (SSSR count). The van der Waals surface area contributed by atoms with Crippen LogP contribution in [0.15, 0.2) is 12.1 Å². The Morgan fingerprint density at radius 2 is 1.94 bits per heavy atom. The summed E-state index contributed by atoms with van der Waals surface area (Å²) in [4.78, 5) is 7.17. The number of aryl methyl sites for hydroxylation is 1. The summed E-state index contributed by atoms with van der Waals surface area (Å²) in [5, 5.41) is 3.18. The molecule has 0 bridgehead atoms. The van der Waals surface area contributed by atoms with E-state index >= 15 is 0 Å². The molecule has 1 aromatic heterocycles. The van der Waals surface area contributed by atoms with Crippen molar-refractivity contribution in [3.8, 4) is 0 Å². The van der Waals surface area contributed by atoms with Gasteiger partial charge in [-0.1, -0.05) is 19.9 Å². The summed E-state index contributed by atoms with van der Waals surface area (Å²) in [6.45, 7) is 9.98. The van der Waals surface area contributed by atoms with Crippen molar-refractivity contribution in [1.29, 1.82) is 0 Å². The van der Waals surface area contributed by atoms with Gasteiger partial charge in [-0.05, 0) is 43.9 Å². The van der Waals surface area contributed by atoms with Gasteiger partial charge in [0.2, 0.25) is 0 Å². The SMILES string of the molecule is CNCc1ccc(N2CCC(C)(C)CC2)nc1C. The zero-order chi connectivity index (χ0) is 13.2. The number of hydrogen-bond acceptors (Lipinski definition) is 3. The van der Waals surface area contributed by atoms with E-state index in [9.17, 15) is 0 Å². The lowest BCUT2D eigenvalue weighted by molar-refractivity contribution is 0.279. The van der Waals surface area contributed by atoms with E-state index in [1.165, 1.54) is 18.4 Å². The second kappa shape index (κ2) is 5.27. The van der Waals surface area contributed by atoms with E-state index in [0.717, 1.165) is 31.1 Å². The third-order valence-electron chi connectivity index (χ3n) is 3.99. The Kier molecular flexibility index (Phi) is 3.91. The van der Waals surface area contributed by atoms with Crippen LogP contribution in [0.25, 0.3) is 0 Å². The third-order valence-corrected chi connectivity index (χ3v) is 3.99. The molecule has 1 N–H and O–H groups in total. The van der Waals surface area contributed by atoms with E-state index in [1.54, 1.807) is 0 Å². The summed E-state index contributed by atoms with van der Waals surface area (Å²) in [6.07, 6.45) is 2.51. The Morgan fingerprint density at radius 1 is 1.28 bits per heavy atom. The highest BCUT2D eigenvalue weighted by Gasteiger charge is 2.25. The van der Waals surface area contributed by atoms with Crippen molar-refractivity contribution < 1.29 is 0 Å². The zero-order valence-corrected chi connectivity index (χ0v) is 12.1. The van der Waals surface area contributed by atoms with E-state index < -0.39 is 0 Å². The average Bonchev–Trinajstić information content (AvgIpc) is 2.32. The van der Waals surface area contributed by atoms with Gasteiger partial charge in [-0.25, -0.2) is 4.98 Å². The van der Waals surface area contributed by atoms with Gasteiger partial charge in [0.15, 0.2) is 0 Å². The Balaban J connectivity index is 2.08. The van der Waals surface area contributed by atoms with Gasteiger partial charge in [-0.15, -0.1) is 0 Å². The predicted molar refractivity (Wildman–Crippen MR) is 77.0 cm³/mol. The predicted octanol–water partition coefficient (Wildman–Crippen LogP) is 2.74. The fourth-order valence-corrected chi connectivity index (χ4v) is 2.47. The standard InChI is InChI=1S/C15H25N3/c1-12-13(11-16-4)5-6-14(17-12)18-9-7-15(2,3)8-10-18/h5-6,16H,7-11H2,1-4H3. The lowest BCUT2D eigenvalue weighted by Gasteiger charge is -2.37. The molecule has 18 heavy (non-hydrogen) atoms. The van der Waals surface area contributed by atoms with Crippen LogP contribution < -0.4 is 10.2 Å². The van der Waals surface area contributed by atoms with Crippen LogP contribution in [0.1, 0.15) is 37.9 Å². The first kappa shape index (κ1) is 13.3. The highest BCUT2D eigenvalue weighted by atomic mass is 15.2. The molecule has 0 unspecified atom stereocenters. The fourth-order valence-electron chi connectivity index (χ4n) is 2.47. The van der Waals surface area contributed by atoms with Gasteiger partial charge >= 0.3 is 0 Å². The number of hydrogen-bond donors (Lipinski definition) is 1. The molecule has 3 heteroatoms. The maximum Gasteiger partial charge on any atom is 0.128 e. The maximum absolute atomic E-state index is 4.75. The zero-order valence-electron chi connectivity index (χ0n) is 12.1. The Hall–Kier alpha value is -1.09. The van der Waals surface area contributed by atoms with Gasteiger partial charge in [0.1, 0.15) is 5.82 Å². The van der Waals surface area contributed by atoms with Crippen LogP contribution in [-0.2, 0) is 6.54 Å². The highest BCUT2D eigenvalue weighted by molar-refractivity contribution is 5.42. The quantitative estimate of drug-likeness (QED) is 0.890. The first-order chi connectivity index (χ1) is 8.52. The first-order valence-electron chi connectivity index (χ1n) is 6.88. The molecule has 0 saturated carbocycles. The van der Waals surface area contributed by atoms with Crippen molar-refractivity contribution in [2.24, 2.45) is 5.41 Å². The molecule has 0 amide bonds. The number of aromatic nitrogens is 1. The number of piperidine rings is 1. The van der Waals surface area contributed by atoms with Crippen molar-refractivity contribution in [3.05, 3.63) is 23.4 Å². The third kappa shape index (κ3) is 3.02. The molecule has 1 fully saturated rings. The van der Waals surface area contributed by atoms with E-state index in [0.29, 0.717) is 5.41 Å². The molecule has 0 spiro atoms. The van der Waals surface area contributed by atoms with Crippen molar-refractivity contribution in [3.63, 3.8) is 0 Å². The van der Waals surface area contributed by atoms with E-state index in [2.05, 4.69) is 43.1 Å². The lowest BCUT2D eigenvalue weighted by atomic mass is 9.83. The van der Waals surface area contributed by atoms with Crippen LogP contribution in [0.5, 0.6) is 0 Å². The normalized spacial score (nSPS) is 19.0. The van der Waals surface area contributed by atoms with Gasteiger partial charge in [0, 0.05) is 25.3 Å². The molecule has 0 aliphatic carbocycles. The van der Waals surface area contributed by atoms with Crippen LogP contribution >= 0.6 is 0 Å². The molecular formula is C15H25N3. The number of anilines is 1. The van der Waals surface area contributed by atoms with Crippen molar-refractivity contribution in [2.45, 2.75) is 40.2 Å². The monoisotopic (exact) mass is 247 g/mol. The summed E-state index contributed by atoms with van der Waals surface area (Å²) in [5.74, 6) is 1.14. The molecule has 1 saturated heterocycles. The van der Waals surface area contributed by atoms with Crippen molar-refractivity contribution >= 4 is 5.82 Å². The van der Waals surface area contributed by atoms with Crippen LogP contribution in [0.2, 0.25) is 0 Å². The minimum Gasteiger partial charge on any atom is -0.357 e. The molecule has 1 aliphatic heterocycles. The van der Waals surface area contributed by atoms with E-state index in [1.807, 2.05) is 7.05 Å². The lowest BCUT2D eigenvalue weighted by Crippen LogP contribution is -2.37. The van der Waals surface area contributed by atoms with E-state index in [-0.39, 0.29) is 0 Å². The first-order valence-corrected chi connectivity index (χ1v) is 6.88. The number of nitrogens with zero attached hydrogens (tertiary/aromatic N) is 2. The molecular weight excluding hydrogens is 222 g/mol. The summed E-state index contributed by atoms with van der Waals surface area (Å²) in [7, 11) is 1.97. The van der Waals surface area contributed by atoms with Crippen LogP contribution in [0.3, 0.4) is 0 Å². The molecule has 0 aromatic carbocycles. The smallest absolute Gasteiger partial charge is 0.128 e. The second-order valence-corrected chi connectivity index (χ2v) is 6.10. The molecule has 0 atom stereocenters. The Labute approximate surface area is 111 Å². The van der Waals surface area contributed by atoms with Gasteiger partial charge < -0.3 is 10.2 Å². The Bertz CT molecular complexity index is 402. The number of pyridine rings is 1. The van der Waals surface area contributed by atoms with Crippen molar-refractivity contribution in [2.75, 3.05) is 25.0 Å². The van der Waals surface area contributed by atoms with Gasteiger partial charge in [-0.2, -0.15) is 0 Å². The van der Waals surface area contributed by atoms with Gasteiger partial charge in [0.25, 0.3) is 0 Å². The van der Waals surface area contributed by atoms with Crippen LogP contribution in [0.4, 0.5) is 5.82 Å². The van der Waals surface area contributed by atoms with Crippen LogP contribution in [-0.4, -0.2) is 25.1 Å². The maximum atomic E-state index is 4.75. The largest absolute Gasteiger partial charge is 0.357 e. The molecule has 0 radical (unpaired) electrons. The summed E-state index contributed by atoms with van der Waals surface area (Å²) >= 11 is 0. The molecule has 2 heterocycles. The van der Waals surface area contributed by atoms with Gasteiger partial charge in [0.05, 0.1) is 0 Å². The summed E-state index contributed by atoms with van der Waals surface area (Å²) in [5.41, 5.74) is 2.93. The van der Waals surface area contributed by atoms with Gasteiger partial charge in [-0.3, -0.25) is 0 Å². The second-order valence-electron chi connectivity index (χ2n) is 6.10. The highest BCUT2D eigenvalue weighted by Crippen LogP contribution is 2.31. The topological polar surface area (TPSA) is 28.2 Å². The molecule has 100 valence electrons. The fraction of sp³-hybridized carbons (Fsp3) is 0.667. The molecule has 1 aliphatic rings. The summed E-state index contributed by atoms with van der Waals surface area (Å²) in [6, 6.07) is 4.37. The van der Waals surface area contributed by atoms with Crippen LogP contribution in [0, 0.1) is 12.3 Å². The number of nitrogens with one attached hydrogen (secondary N) is 1. The molecule has 1 aromatic rings. The average molecular weight is 247 g/mol. The van der Waals surface area contributed by atoms with E-state index in [4.69, 9.17) is 4.98 Å².